The van der Waals surface area contributed by atoms with E-state index in [0.717, 1.165) is 5.92 Å². The molecule has 26 heavy (non-hydrogen) atoms. The fourth-order valence-corrected chi connectivity index (χ4v) is 4.12. The molecule has 0 bridgehead atoms. The molecule has 0 spiro atoms. The Morgan fingerprint density at radius 1 is 0.962 bits per heavy atom. The standard InChI is InChI=1S/C25H27.Zr/c1-18(2)21-11-13-22(14-12-21)24-10-6-9-23-16-20(17-25(23)24)15-19-7-4-3-5-8-19;/h6,9-15,17-19H,3-5,7-8H2,1-2H3;. The number of allylic oxidation sites excluding steroid dienone is 2. The second kappa shape index (κ2) is 8.66. The van der Waals surface area contributed by atoms with Crippen LogP contribution in [0.2, 0.25) is 0 Å². The smallest absolute Gasteiger partial charge is 0 e. The van der Waals surface area contributed by atoms with Crippen molar-refractivity contribution in [2.45, 2.75) is 51.9 Å². The second-order valence-corrected chi connectivity index (χ2v) is 7.83. The first kappa shape index (κ1) is 19.6. The fraction of sp³-hybridized carbons (Fsp3) is 0.360. The van der Waals surface area contributed by atoms with Crippen LogP contribution in [0.4, 0.5) is 0 Å². The quantitative estimate of drug-likeness (QED) is 0.623. The minimum absolute atomic E-state index is 0. The van der Waals surface area contributed by atoms with Crippen molar-refractivity contribution in [2.75, 3.05) is 0 Å². The maximum Gasteiger partial charge on any atom is 0 e. The van der Waals surface area contributed by atoms with Crippen molar-refractivity contribution in [3.63, 3.8) is 0 Å². The van der Waals surface area contributed by atoms with Gasteiger partial charge in [0, 0.05) is 26.2 Å². The number of fused-ring (bicyclic) bond motifs is 1. The van der Waals surface area contributed by atoms with Crippen molar-refractivity contribution < 1.29 is 26.2 Å². The molecule has 0 saturated heterocycles. The van der Waals surface area contributed by atoms with E-state index in [1.165, 1.54) is 64.8 Å². The summed E-state index contributed by atoms with van der Waals surface area (Å²) in [7, 11) is 0. The van der Waals surface area contributed by atoms with Crippen LogP contribution in [0, 0.1) is 5.92 Å². The molecule has 4 rings (SSSR count). The maximum atomic E-state index is 3.63. The molecule has 0 aliphatic heterocycles. The van der Waals surface area contributed by atoms with Gasteiger partial charge in [0.05, 0.1) is 0 Å². The molecule has 1 heteroatoms. The van der Waals surface area contributed by atoms with Crippen LogP contribution >= 0.6 is 0 Å². The Morgan fingerprint density at radius 2 is 1.69 bits per heavy atom. The molecular formula is C25H27Zr. The summed E-state index contributed by atoms with van der Waals surface area (Å²) in [5, 5.41) is 2.58. The van der Waals surface area contributed by atoms with Gasteiger partial charge in [0.1, 0.15) is 0 Å². The van der Waals surface area contributed by atoms with E-state index in [9.17, 15) is 0 Å². The summed E-state index contributed by atoms with van der Waals surface area (Å²) in [5.41, 5.74) is 5.31. The minimum Gasteiger partial charge on any atom is -0.0735 e. The molecular weight excluding hydrogens is 391 g/mol. The maximum absolute atomic E-state index is 3.63. The molecule has 0 atom stereocenters. The van der Waals surface area contributed by atoms with Crippen LogP contribution in [0.1, 0.15) is 57.4 Å². The zero-order chi connectivity index (χ0) is 17.2. The summed E-state index contributed by atoms with van der Waals surface area (Å²) in [5.74, 6) is 1.32. The molecule has 0 unspecified atom stereocenters. The van der Waals surface area contributed by atoms with Gasteiger partial charge in [-0.25, -0.2) is 0 Å². The fourth-order valence-electron chi connectivity index (χ4n) is 4.12. The molecule has 0 amide bonds. The Kier molecular flexibility index (Phi) is 6.52. The Hall–Kier alpha value is -1.20. The molecule has 1 fully saturated rings. The van der Waals surface area contributed by atoms with Gasteiger partial charge in [-0.3, -0.25) is 0 Å². The van der Waals surface area contributed by atoms with Crippen LogP contribution in [0.5, 0.6) is 0 Å². The van der Waals surface area contributed by atoms with Gasteiger partial charge in [0.2, 0.25) is 0 Å². The summed E-state index contributed by atoms with van der Waals surface area (Å²) in [6.07, 6.45) is 15.3. The van der Waals surface area contributed by atoms with E-state index in [0.29, 0.717) is 5.92 Å². The van der Waals surface area contributed by atoms with Crippen LogP contribution in [0.25, 0.3) is 23.3 Å². The van der Waals surface area contributed by atoms with Gasteiger partial charge in [-0.2, -0.15) is 0 Å². The van der Waals surface area contributed by atoms with Crippen molar-refractivity contribution >= 4 is 12.2 Å². The summed E-state index contributed by atoms with van der Waals surface area (Å²) < 4.78 is 0. The van der Waals surface area contributed by atoms with E-state index >= 15 is 0 Å². The topological polar surface area (TPSA) is 0 Å². The average molecular weight is 419 g/mol. The largest absolute Gasteiger partial charge is 0.0735 e. The van der Waals surface area contributed by atoms with Gasteiger partial charge in [0.25, 0.3) is 0 Å². The van der Waals surface area contributed by atoms with E-state index in [4.69, 9.17) is 0 Å². The molecule has 131 valence electrons. The Morgan fingerprint density at radius 3 is 2.38 bits per heavy atom. The first-order valence-electron chi connectivity index (χ1n) is 9.77. The molecule has 0 N–H and O–H groups in total. The zero-order valence-electron chi connectivity index (χ0n) is 15.9. The third kappa shape index (κ3) is 4.20. The summed E-state index contributed by atoms with van der Waals surface area (Å²) in [6, 6.07) is 15.7. The van der Waals surface area contributed by atoms with E-state index in [2.05, 4.69) is 74.5 Å². The van der Waals surface area contributed by atoms with Gasteiger partial charge in [-0.05, 0) is 69.5 Å². The van der Waals surface area contributed by atoms with E-state index < -0.39 is 0 Å². The van der Waals surface area contributed by atoms with Crippen LogP contribution in [0.3, 0.4) is 0 Å². The summed E-state index contributed by atoms with van der Waals surface area (Å²) >= 11 is 0. The van der Waals surface area contributed by atoms with Gasteiger partial charge in [0.15, 0.2) is 0 Å². The van der Waals surface area contributed by atoms with Gasteiger partial charge in [-0.1, -0.05) is 81.7 Å². The molecule has 1 saturated carbocycles. The minimum atomic E-state index is 0. The Labute approximate surface area is 176 Å². The number of rotatable bonds is 3. The number of benzene rings is 2. The molecule has 2 aliphatic carbocycles. The molecule has 0 heterocycles. The third-order valence-corrected chi connectivity index (χ3v) is 5.64. The summed E-state index contributed by atoms with van der Waals surface area (Å²) in [6.45, 7) is 4.49. The SMILES string of the molecule is CC(C)c1ccc(-c2cccc3c2=CC(=CC2CCCCC2)[C]=3)cc1.[Zr]. The zero-order valence-corrected chi connectivity index (χ0v) is 18.3. The van der Waals surface area contributed by atoms with Crippen molar-refractivity contribution in [1.82, 2.24) is 0 Å². The van der Waals surface area contributed by atoms with Crippen LogP contribution in [-0.4, -0.2) is 0 Å². The number of hydrogen-bond acceptors (Lipinski definition) is 0. The first-order chi connectivity index (χ1) is 12.2. The van der Waals surface area contributed by atoms with Crippen LogP contribution < -0.4 is 10.4 Å². The van der Waals surface area contributed by atoms with Crippen LogP contribution in [0.15, 0.2) is 54.1 Å². The Balaban J connectivity index is 0.00000196. The van der Waals surface area contributed by atoms with Crippen molar-refractivity contribution in [3.05, 3.63) is 70.1 Å². The molecule has 0 aromatic heterocycles. The second-order valence-electron chi connectivity index (χ2n) is 7.83. The van der Waals surface area contributed by atoms with E-state index in [1.54, 1.807) is 0 Å². The predicted octanol–water partition coefficient (Wildman–Crippen LogP) is 5.43. The van der Waals surface area contributed by atoms with E-state index in [-0.39, 0.29) is 26.2 Å². The average Bonchev–Trinajstić information content (AvgIpc) is 3.05. The third-order valence-electron chi connectivity index (χ3n) is 5.64. The van der Waals surface area contributed by atoms with Gasteiger partial charge < -0.3 is 0 Å². The Bertz CT molecular complexity index is 894. The van der Waals surface area contributed by atoms with Gasteiger partial charge >= 0.3 is 0 Å². The van der Waals surface area contributed by atoms with E-state index in [1.807, 2.05) is 0 Å². The van der Waals surface area contributed by atoms with Crippen molar-refractivity contribution in [2.24, 2.45) is 5.92 Å². The number of hydrogen-bond donors (Lipinski definition) is 0. The van der Waals surface area contributed by atoms with Crippen molar-refractivity contribution in [3.8, 4) is 11.1 Å². The first-order valence-corrected chi connectivity index (χ1v) is 9.77. The monoisotopic (exact) mass is 417 g/mol. The summed E-state index contributed by atoms with van der Waals surface area (Å²) in [4.78, 5) is 0. The van der Waals surface area contributed by atoms with Crippen LogP contribution in [-0.2, 0) is 26.2 Å². The molecule has 2 aromatic carbocycles. The molecule has 2 aromatic rings. The predicted molar refractivity (Wildman–Crippen MR) is 108 cm³/mol. The normalized spacial score (nSPS) is 18.2. The molecule has 0 nitrogen and oxygen atoms in total. The molecule has 1 radical (unpaired) electrons. The van der Waals surface area contributed by atoms with Gasteiger partial charge in [-0.15, -0.1) is 0 Å². The van der Waals surface area contributed by atoms with Crippen molar-refractivity contribution in [1.29, 1.82) is 0 Å². The molecule has 2 aliphatic rings.